The molecule has 19 heavy (non-hydrogen) atoms. The second-order valence-electron chi connectivity index (χ2n) is 5.00. The molecule has 2 unspecified atom stereocenters. The number of amides is 1. The van der Waals surface area contributed by atoms with E-state index >= 15 is 0 Å². The highest BCUT2D eigenvalue weighted by Crippen LogP contribution is 2.20. The smallest absolute Gasteiger partial charge is 0.303 e. The van der Waals surface area contributed by atoms with E-state index in [0.29, 0.717) is 0 Å². The molecule has 0 saturated heterocycles. The summed E-state index contributed by atoms with van der Waals surface area (Å²) in [7, 11) is 1.76. The molecule has 0 spiro atoms. The molecule has 1 rings (SSSR count). The van der Waals surface area contributed by atoms with E-state index in [4.69, 9.17) is 5.11 Å². The zero-order chi connectivity index (χ0) is 14.4. The first-order valence-electron chi connectivity index (χ1n) is 6.44. The van der Waals surface area contributed by atoms with Gasteiger partial charge in [-0.05, 0) is 18.4 Å². The van der Waals surface area contributed by atoms with Gasteiger partial charge < -0.3 is 10.0 Å². The van der Waals surface area contributed by atoms with Crippen LogP contribution in [0.25, 0.3) is 0 Å². The Labute approximate surface area is 114 Å². The number of carbonyl (C=O) groups excluding carboxylic acids is 1. The van der Waals surface area contributed by atoms with Crippen molar-refractivity contribution in [1.29, 1.82) is 0 Å². The molecule has 4 nitrogen and oxygen atoms in total. The molecule has 1 aromatic carbocycles. The lowest BCUT2D eigenvalue weighted by molar-refractivity contribution is -0.138. The molecule has 0 fully saturated rings. The molecule has 0 heterocycles. The minimum atomic E-state index is -0.862. The lowest BCUT2D eigenvalue weighted by Crippen LogP contribution is -2.31. The zero-order valence-corrected chi connectivity index (χ0v) is 11.7. The van der Waals surface area contributed by atoms with Crippen molar-refractivity contribution >= 4 is 11.9 Å². The first kappa shape index (κ1) is 15.2. The van der Waals surface area contributed by atoms with Crippen LogP contribution in [-0.4, -0.2) is 28.9 Å². The molecular weight excluding hydrogens is 242 g/mol. The first-order valence-corrected chi connectivity index (χ1v) is 6.44. The highest BCUT2D eigenvalue weighted by molar-refractivity contribution is 5.77. The third kappa shape index (κ3) is 4.73. The number of carboxylic acids is 1. The number of aliphatic carboxylic acids is 1. The van der Waals surface area contributed by atoms with Crippen molar-refractivity contribution in [2.75, 3.05) is 7.05 Å². The maximum atomic E-state index is 12.1. The molecule has 1 aromatic rings. The van der Waals surface area contributed by atoms with Crippen LogP contribution < -0.4 is 0 Å². The summed E-state index contributed by atoms with van der Waals surface area (Å²) in [4.78, 5) is 24.3. The van der Waals surface area contributed by atoms with Crippen molar-refractivity contribution in [2.45, 2.75) is 32.7 Å². The van der Waals surface area contributed by atoms with Crippen LogP contribution in [0.5, 0.6) is 0 Å². The highest BCUT2D eigenvalue weighted by Gasteiger charge is 2.20. The van der Waals surface area contributed by atoms with E-state index in [0.717, 1.165) is 5.56 Å². The third-order valence-electron chi connectivity index (χ3n) is 3.30. The topological polar surface area (TPSA) is 57.6 Å². The summed E-state index contributed by atoms with van der Waals surface area (Å²) in [5.41, 5.74) is 1.07. The van der Waals surface area contributed by atoms with Crippen LogP contribution in [0.15, 0.2) is 30.3 Å². The summed E-state index contributed by atoms with van der Waals surface area (Å²) >= 11 is 0. The van der Waals surface area contributed by atoms with E-state index in [-0.39, 0.29) is 30.7 Å². The van der Waals surface area contributed by atoms with Gasteiger partial charge in [-0.25, -0.2) is 0 Å². The molecule has 1 amide bonds. The Hall–Kier alpha value is -1.84. The minimum Gasteiger partial charge on any atom is -0.481 e. The fourth-order valence-corrected chi connectivity index (χ4v) is 1.98. The molecule has 2 atom stereocenters. The van der Waals surface area contributed by atoms with Gasteiger partial charge in [-0.3, -0.25) is 9.59 Å². The van der Waals surface area contributed by atoms with E-state index in [9.17, 15) is 9.59 Å². The Balaban J connectivity index is 2.59. The van der Waals surface area contributed by atoms with Crippen LogP contribution in [-0.2, 0) is 9.59 Å². The van der Waals surface area contributed by atoms with E-state index < -0.39 is 5.97 Å². The second-order valence-corrected chi connectivity index (χ2v) is 5.00. The molecule has 104 valence electrons. The average molecular weight is 263 g/mol. The molecular formula is C15H21NO3. The first-order chi connectivity index (χ1) is 8.91. The fourth-order valence-electron chi connectivity index (χ4n) is 1.98. The summed E-state index contributed by atoms with van der Waals surface area (Å²) in [6, 6.07) is 9.77. The van der Waals surface area contributed by atoms with Crippen LogP contribution in [0.1, 0.15) is 38.3 Å². The molecule has 0 aliphatic rings. The molecule has 0 bridgehead atoms. The van der Waals surface area contributed by atoms with Gasteiger partial charge in [0.2, 0.25) is 5.91 Å². The van der Waals surface area contributed by atoms with Crippen LogP contribution >= 0.6 is 0 Å². The molecule has 0 aliphatic carbocycles. The lowest BCUT2D eigenvalue weighted by atomic mass is 10.0. The van der Waals surface area contributed by atoms with Gasteiger partial charge >= 0.3 is 5.97 Å². The van der Waals surface area contributed by atoms with Gasteiger partial charge in [0.1, 0.15) is 0 Å². The fraction of sp³-hybridized carbons (Fsp3) is 0.467. The van der Waals surface area contributed by atoms with Crippen LogP contribution in [0.3, 0.4) is 0 Å². The Kier molecular flexibility index (Phi) is 5.55. The van der Waals surface area contributed by atoms with Gasteiger partial charge in [-0.1, -0.05) is 37.3 Å². The minimum absolute atomic E-state index is 0.00859. The molecule has 1 N–H and O–H groups in total. The number of rotatable bonds is 6. The SMILES string of the molecule is CC(CC(=O)O)CC(=O)N(C)C(C)c1ccccc1. The highest BCUT2D eigenvalue weighted by atomic mass is 16.4. The van der Waals surface area contributed by atoms with Crippen molar-refractivity contribution in [2.24, 2.45) is 5.92 Å². The summed E-state index contributed by atoms with van der Waals surface area (Å²) in [6.07, 6.45) is 0.291. The maximum absolute atomic E-state index is 12.1. The monoisotopic (exact) mass is 263 g/mol. The van der Waals surface area contributed by atoms with Crippen molar-refractivity contribution in [3.8, 4) is 0 Å². The molecule has 0 aliphatic heterocycles. The third-order valence-corrected chi connectivity index (χ3v) is 3.30. The number of nitrogens with zero attached hydrogens (tertiary/aromatic N) is 1. The van der Waals surface area contributed by atoms with Crippen molar-refractivity contribution in [3.05, 3.63) is 35.9 Å². The van der Waals surface area contributed by atoms with Crippen molar-refractivity contribution < 1.29 is 14.7 Å². The predicted molar refractivity (Wildman–Crippen MR) is 73.7 cm³/mol. The number of benzene rings is 1. The van der Waals surface area contributed by atoms with Gasteiger partial charge in [0.15, 0.2) is 0 Å². The normalized spacial score (nSPS) is 13.6. The maximum Gasteiger partial charge on any atom is 0.303 e. The van der Waals surface area contributed by atoms with Gasteiger partial charge in [0, 0.05) is 19.9 Å². The van der Waals surface area contributed by atoms with Crippen molar-refractivity contribution in [3.63, 3.8) is 0 Å². The van der Waals surface area contributed by atoms with E-state index in [1.165, 1.54) is 0 Å². The number of carbonyl (C=O) groups is 2. The Morgan fingerprint density at radius 3 is 2.26 bits per heavy atom. The average Bonchev–Trinajstić information content (AvgIpc) is 2.36. The van der Waals surface area contributed by atoms with Crippen LogP contribution in [0, 0.1) is 5.92 Å². The van der Waals surface area contributed by atoms with Gasteiger partial charge in [0.25, 0.3) is 0 Å². The van der Waals surface area contributed by atoms with Crippen molar-refractivity contribution in [1.82, 2.24) is 4.90 Å². The lowest BCUT2D eigenvalue weighted by Gasteiger charge is -2.26. The number of carboxylic acid groups (broad SMARTS) is 1. The quantitative estimate of drug-likeness (QED) is 0.858. The van der Waals surface area contributed by atoms with Gasteiger partial charge in [-0.15, -0.1) is 0 Å². The van der Waals surface area contributed by atoms with E-state index in [1.54, 1.807) is 18.9 Å². The molecule has 0 aromatic heterocycles. The number of hydrogen-bond donors (Lipinski definition) is 1. The predicted octanol–water partition coefficient (Wildman–Crippen LogP) is 2.71. The summed E-state index contributed by atoms with van der Waals surface area (Å²) in [6.45, 7) is 3.75. The summed E-state index contributed by atoms with van der Waals surface area (Å²) in [5, 5.41) is 8.70. The largest absolute Gasteiger partial charge is 0.481 e. The van der Waals surface area contributed by atoms with Crippen LogP contribution in [0.2, 0.25) is 0 Å². The standard InChI is InChI=1S/C15H21NO3/c1-11(10-15(18)19)9-14(17)16(3)12(2)13-7-5-4-6-8-13/h4-8,11-12H,9-10H2,1-3H3,(H,18,19). The Morgan fingerprint density at radius 1 is 1.16 bits per heavy atom. The number of hydrogen-bond acceptors (Lipinski definition) is 2. The second kappa shape index (κ2) is 6.92. The summed E-state index contributed by atoms with van der Waals surface area (Å²) < 4.78 is 0. The Bertz CT molecular complexity index is 430. The van der Waals surface area contributed by atoms with E-state index in [2.05, 4.69) is 0 Å². The summed E-state index contributed by atoms with van der Waals surface area (Å²) in [5.74, 6) is -1.03. The Morgan fingerprint density at radius 2 is 1.74 bits per heavy atom. The zero-order valence-electron chi connectivity index (χ0n) is 11.7. The van der Waals surface area contributed by atoms with Crippen LogP contribution in [0.4, 0.5) is 0 Å². The van der Waals surface area contributed by atoms with E-state index in [1.807, 2.05) is 37.3 Å². The molecule has 0 radical (unpaired) electrons. The van der Waals surface area contributed by atoms with Gasteiger partial charge in [-0.2, -0.15) is 0 Å². The van der Waals surface area contributed by atoms with Gasteiger partial charge in [0.05, 0.1) is 6.04 Å². The molecule has 4 heteroatoms. The molecule has 0 saturated carbocycles.